The third-order valence-corrected chi connectivity index (χ3v) is 9.87. The summed E-state index contributed by atoms with van der Waals surface area (Å²) in [6, 6.07) is 11.5. The van der Waals surface area contributed by atoms with Crippen LogP contribution in [0.25, 0.3) is 11.1 Å². The fraction of sp³-hybridized carbons (Fsp3) is 0.469. The summed E-state index contributed by atoms with van der Waals surface area (Å²) < 4.78 is 74.1. The van der Waals surface area contributed by atoms with Crippen LogP contribution in [0.15, 0.2) is 56.9 Å². The van der Waals surface area contributed by atoms with Crippen LogP contribution < -0.4 is 10.0 Å². The molecule has 2 N–H and O–H groups in total. The van der Waals surface area contributed by atoms with Crippen LogP contribution in [0.4, 0.5) is 19.1 Å². The first-order valence-corrected chi connectivity index (χ1v) is 16.7. The number of unbranched alkanes of at least 4 members (excludes halogenated alkanes) is 1. The van der Waals surface area contributed by atoms with Gasteiger partial charge in [0, 0.05) is 24.1 Å². The molecule has 3 aromatic rings. The molecule has 0 bridgehead atoms. The van der Waals surface area contributed by atoms with Gasteiger partial charge >= 0.3 is 6.18 Å². The van der Waals surface area contributed by atoms with Gasteiger partial charge in [-0.1, -0.05) is 67.7 Å². The Morgan fingerprint density at radius 3 is 2.47 bits per heavy atom. The number of nitrogens with zero attached hydrogens (tertiary/aromatic N) is 3. The number of hydrogen-bond acceptors (Lipinski definition) is 7. The minimum Gasteiger partial charge on any atom is -0.337 e. The van der Waals surface area contributed by atoms with Crippen molar-refractivity contribution in [3.05, 3.63) is 64.8 Å². The number of sulfonamides is 1. The van der Waals surface area contributed by atoms with Gasteiger partial charge in [0.05, 0.1) is 23.7 Å². The number of carbonyl (C=O) groups is 1. The van der Waals surface area contributed by atoms with Crippen LogP contribution in [-0.2, 0) is 27.9 Å². The van der Waals surface area contributed by atoms with Gasteiger partial charge in [0.25, 0.3) is 15.9 Å². The summed E-state index contributed by atoms with van der Waals surface area (Å²) in [6.07, 6.45) is 1.40. The lowest BCUT2D eigenvalue weighted by Crippen LogP contribution is -2.40. The summed E-state index contributed by atoms with van der Waals surface area (Å²) in [6.45, 7) is 4.27. The third kappa shape index (κ3) is 7.09. The molecule has 0 atom stereocenters. The smallest absolute Gasteiger partial charge is 0.337 e. The van der Waals surface area contributed by atoms with E-state index in [1.807, 2.05) is 0 Å². The Morgan fingerprint density at radius 1 is 1.07 bits per heavy atom. The lowest BCUT2D eigenvalue weighted by molar-refractivity contribution is -0.131. The fourth-order valence-electron chi connectivity index (χ4n) is 5.98. The first-order chi connectivity index (χ1) is 21.3. The van der Waals surface area contributed by atoms with E-state index in [1.165, 1.54) is 6.07 Å². The minimum absolute atomic E-state index is 0.0134. The quantitative estimate of drug-likeness (QED) is 0.228. The molecule has 2 heterocycles. The molecule has 1 fully saturated rings. The Balaban J connectivity index is 1.50. The average Bonchev–Trinajstić information content (AvgIpc) is 3.66. The molecule has 45 heavy (non-hydrogen) atoms. The number of benzene rings is 2. The number of aliphatic imine (C=N–C) groups is 1. The highest BCUT2D eigenvalue weighted by molar-refractivity contribution is 7.92. The van der Waals surface area contributed by atoms with Crippen molar-refractivity contribution in [3.63, 3.8) is 0 Å². The zero-order valence-electron chi connectivity index (χ0n) is 25.6. The van der Waals surface area contributed by atoms with Gasteiger partial charge in [0.15, 0.2) is 0 Å². The molecular formula is C32H38F3N5O4S. The number of amidine groups is 1. The number of amides is 1. The molecular weight excluding hydrogens is 607 g/mol. The number of halogens is 3. The number of nitrogens with one attached hydrogen (secondary N) is 2. The fourth-order valence-corrected chi connectivity index (χ4v) is 7.25. The summed E-state index contributed by atoms with van der Waals surface area (Å²) in [5, 5.41) is 6.25. The van der Waals surface area contributed by atoms with Gasteiger partial charge in [-0.15, -0.1) is 0 Å². The van der Waals surface area contributed by atoms with Crippen molar-refractivity contribution in [1.82, 2.24) is 15.4 Å². The summed E-state index contributed by atoms with van der Waals surface area (Å²) in [5.74, 6) is 0.720. The number of alkyl halides is 3. The lowest BCUT2D eigenvalue weighted by atomic mass is 9.96. The Morgan fingerprint density at radius 2 is 1.80 bits per heavy atom. The van der Waals surface area contributed by atoms with Crippen LogP contribution in [0.3, 0.4) is 0 Å². The van der Waals surface area contributed by atoms with Crippen molar-refractivity contribution < 1.29 is 30.9 Å². The van der Waals surface area contributed by atoms with E-state index >= 15 is 0 Å². The highest BCUT2D eigenvalue weighted by Gasteiger charge is 2.49. The van der Waals surface area contributed by atoms with E-state index in [0.29, 0.717) is 39.9 Å². The van der Waals surface area contributed by atoms with E-state index in [9.17, 15) is 26.4 Å². The van der Waals surface area contributed by atoms with Crippen LogP contribution in [-0.4, -0.2) is 48.5 Å². The van der Waals surface area contributed by atoms with Crippen molar-refractivity contribution in [1.29, 1.82) is 0 Å². The number of hydrogen-bond donors (Lipinski definition) is 2. The molecule has 9 nitrogen and oxygen atoms in total. The summed E-state index contributed by atoms with van der Waals surface area (Å²) >= 11 is 0. The van der Waals surface area contributed by atoms with Crippen molar-refractivity contribution in [3.8, 4) is 11.1 Å². The molecule has 1 aromatic heterocycles. The first kappa shape index (κ1) is 32.7. The van der Waals surface area contributed by atoms with E-state index < -0.39 is 28.3 Å². The lowest BCUT2D eigenvalue weighted by Gasteiger charge is -2.23. The van der Waals surface area contributed by atoms with Gasteiger partial charge in [-0.3, -0.25) is 14.7 Å². The van der Waals surface area contributed by atoms with Crippen LogP contribution in [0, 0.1) is 13.8 Å². The molecule has 1 aliphatic heterocycles. The molecule has 1 amide bonds. The zero-order valence-corrected chi connectivity index (χ0v) is 26.4. The second-order valence-corrected chi connectivity index (χ2v) is 13.4. The summed E-state index contributed by atoms with van der Waals surface area (Å²) in [4.78, 5) is 20.3. The van der Waals surface area contributed by atoms with Crippen molar-refractivity contribution in [2.24, 2.45) is 4.99 Å². The molecule has 242 valence electrons. The molecule has 1 spiro atoms. The van der Waals surface area contributed by atoms with Crippen molar-refractivity contribution >= 4 is 27.7 Å². The van der Waals surface area contributed by atoms with E-state index in [4.69, 9.17) is 9.52 Å². The van der Waals surface area contributed by atoms with Gasteiger partial charge in [-0.25, -0.2) is 13.1 Å². The second-order valence-electron chi connectivity index (χ2n) is 11.8. The Bertz CT molecular complexity index is 1690. The number of aryl methyl sites for hydroxylation is 1. The van der Waals surface area contributed by atoms with Crippen molar-refractivity contribution in [2.75, 3.05) is 11.3 Å². The predicted molar refractivity (Wildman–Crippen MR) is 165 cm³/mol. The summed E-state index contributed by atoms with van der Waals surface area (Å²) in [5.41, 5.74) is 2.28. The van der Waals surface area contributed by atoms with Gasteiger partial charge in [0.2, 0.25) is 5.88 Å². The molecule has 0 unspecified atom stereocenters. The van der Waals surface area contributed by atoms with Crippen LogP contribution in [0.1, 0.15) is 74.3 Å². The molecule has 1 saturated carbocycles. The molecule has 2 aromatic carbocycles. The van der Waals surface area contributed by atoms with Gasteiger partial charge in [-0.2, -0.15) is 13.2 Å². The SMILES string of the molecule is CCCCC1=NC2(CCCC2)C(=O)N1Cc1ccc(-c2ccccc2S(=O)(=O)Nc2onc(C)c2C)c(CNCC(F)(F)F)c1. The normalized spacial score (nSPS) is 16.5. The van der Waals surface area contributed by atoms with Crippen LogP contribution in [0.5, 0.6) is 0 Å². The van der Waals surface area contributed by atoms with Gasteiger partial charge in [-0.05, 0) is 55.9 Å². The van der Waals surface area contributed by atoms with Crippen LogP contribution in [0.2, 0.25) is 0 Å². The van der Waals surface area contributed by atoms with E-state index in [1.54, 1.807) is 55.1 Å². The monoisotopic (exact) mass is 645 g/mol. The van der Waals surface area contributed by atoms with E-state index in [2.05, 4.69) is 22.1 Å². The number of anilines is 1. The van der Waals surface area contributed by atoms with Crippen LogP contribution >= 0.6 is 0 Å². The Hall–Kier alpha value is -3.71. The highest BCUT2D eigenvalue weighted by Crippen LogP contribution is 2.40. The maximum absolute atomic E-state index is 13.7. The number of carbonyl (C=O) groups excluding carboxylic acids is 1. The highest BCUT2D eigenvalue weighted by atomic mass is 32.2. The largest absolute Gasteiger partial charge is 0.401 e. The standard InChI is InChI=1S/C32H38F3N5O4S/c1-4-5-12-28-37-31(15-8-9-16-31)30(41)40(28)19-23-13-14-25(24(17-23)18-36-20-32(33,34)35)26-10-6-7-11-27(26)45(42,43)39-29-21(2)22(3)38-44-29/h6-7,10-11,13-14,17,36,39H,4-5,8-9,12,15-16,18-20H2,1-3H3. The average molecular weight is 646 g/mol. The maximum Gasteiger partial charge on any atom is 0.401 e. The maximum atomic E-state index is 13.7. The van der Waals surface area contributed by atoms with E-state index in [-0.39, 0.29) is 29.8 Å². The zero-order chi connectivity index (χ0) is 32.4. The predicted octanol–water partition coefficient (Wildman–Crippen LogP) is 6.65. The summed E-state index contributed by atoms with van der Waals surface area (Å²) in [7, 11) is -4.18. The van der Waals surface area contributed by atoms with Gasteiger partial charge in [0.1, 0.15) is 11.4 Å². The Labute approximate surface area is 261 Å². The molecule has 0 radical (unpaired) electrons. The molecule has 0 saturated heterocycles. The molecule has 5 rings (SSSR count). The topological polar surface area (TPSA) is 117 Å². The third-order valence-electron chi connectivity index (χ3n) is 8.48. The molecule has 1 aliphatic carbocycles. The Kier molecular flexibility index (Phi) is 9.41. The molecule has 13 heteroatoms. The van der Waals surface area contributed by atoms with Gasteiger partial charge < -0.3 is 9.84 Å². The second kappa shape index (κ2) is 13.0. The number of rotatable bonds is 12. The first-order valence-electron chi connectivity index (χ1n) is 15.2. The number of aromatic nitrogens is 1. The minimum atomic E-state index is -4.43. The van der Waals surface area contributed by atoms with E-state index in [0.717, 1.165) is 44.4 Å². The van der Waals surface area contributed by atoms with Crippen molar-refractivity contribution in [2.45, 2.75) is 95.4 Å². The molecule has 2 aliphatic rings.